The van der Waals surface area contributed by atoms with Crippen LogP contribution in [-0.4, -0.2) is 39.1 Å². The summed E-state index contributed by atoms with van der Waals surface area (Å²) in [4.78, 5) is 18.2. The molecule has 5 nitrogen and oxygen atoms in total. The molecule has 0 bridgehead atoms. The molecule has 3 heterocycles. The number of carbonyl (C=O) groups is 1. The van der Waals surface area contributed by atoms with E-state index >= 15 is 0 Å². The molecule has 21 heavy (non-hydrogen) atoms. The van der Waals surface area contributed by atoms with Gasteiger partial charge >= 0.3 is 6.09 Å². The highest BCUT2D eigenvalue weighted by atomic mass is 79.9. The third kappa shape index (κ3) is 2.90. The lowest BCUT2D eigenvalue weighted by atomic mass is 9.96. The van der Waals surface area contributed by atoms with Crippen LogP contribution in [0.15, 0.2) is 29.1 Å². The third-order valence-corrected chi connectivity index (χ3v) is 3.94. The summed E-state index contributed by atoms with van der Waals surface area (Å²) in [6.07, 6.45) is 3.54. The molecule has 2 aromatic heterocycles. The van der Waals surface area contributed by atoms with Crippen LogP contribution in [0.5, 0.6) is 0 Å². The van der Waals surface area contributed by atoms with Gasteiger partial charge in [-0.3, -0.25) is 0 Å². The van der Waals surface area contributed by atoms with Gasteiger partial charge in [-0.15, -0.1) is 0 Å². The van der Waals surface area contributed by atoms with Crippen LogP contribution in [0.3, 0.4) is 0 Å². The summed E-state index contributed by atoms with van der Waals surface area (Å²) in [6, 6.07) is 4.03. The van der Waals surface area contributed by atoms with Gasteiger partial charge in [-0.25, -0.2) is 9.78 Å². The number of imidazole rings is 1. The van der Waals surface area contributed by atoms with Crippen LogP contribution in [0.1, 0.15) is 32.4 Å². The van der Waals surface area contributed by atoms with E-state index in [2.05, 4.69) is 27.0 Å². The number of ether oxygens (including phenoxy) is 1. The molecule has 112 valence electrons. The quantitative estimate of drug-likeness (QED) is 0.790. The molecule has 1 aliphatic rings. The average molecular weight is 352 g/mol. The van der Waals surface area contributed by atoms with Crippen molar-refractivity contribution in [2.24, 2.45) is 0 Å². The second kappa shape index (κ2) is 5.02. The van der Waals surface area contributed by atoms with Crippen LogP contribution in [0.2, 0.25) is 0 Å². The van der Waals surface area contributed by atoms with E-state index in [0.717, 1.165) is 15.7 Å². The van der Waals surface area contributed by atoms with Crippen LogP contribution >= 0.6 is 15.9 Å². The number of halogens is 1. The lowest BCUT2D eigenvalue weighted by molar-refractivity contribution is 0.00801. The van der Waals surface area contributed by atoms with E-state index in [-0.39, 0.29) is 12.0 Å². The zero-order chi connectivity index (χ0) is 15.2. The molecule has 2 aromatic rings. The van der Waals surface area contributed by atoms with Gasteiger partial charge in [0, 0.05) is 29.7 Å². The minimum absolute atomic E-state index is 0.247. The van der Waals surface area contributed by atoms with Crippen molar-refractivity contribution < 1.29 is 9.53 Å². The molecular weight excluding hydrogens is 334 g/mol. The van der Waals surface area contributed by atoms with E-state index in [1.807, 2.05) is 43.8 Å². The largest absolute Gasteiger partial charge is 0.444 e. The Hall–Kier alpha value is -1.56. The molecule has 0 aromatic carbocycles. The monoisotopic (exact) mass is 351 g/mol. The van der Waals surface area contributed by atoms with Crippen molar-refractivity contribution in [3.63, 3.8) is 0 Å². The Morgan fingerprint density at radius 2 is 2.14 bits per heavy atom. The van der Waals surface area contributed by atoms with Gasteiger partial charge < -0.3 is 14.0 Å². The van der Waals surface area contributed by atoms with Gasteiger partial charge in [-0.2, -0.15) is 0 Å². The molecule has 0 unspecified atom stereocenters. The molecule has 3 rings (SSSR count). The first-order valence-electron chi connectivity index (χ1n) is 6.93. The average Bonchev–Trinajstić information content (AvgIpc) is 2.68. The van der Waals surface area contributed by atoms with E-state index in [4.69, 9.17) is 4.74 Å². The molecule has 0 radical (unpaired) electrons. The predicted molar refractivity (Wildman–Crippen MR) is 83.4 cm³/mol. The fraction of sp³-hybridized carbons (Fsp3) is 0.467. The fourth-order valence-corrected chi connectivity index (χ4v) is 2.76. The Bertz CT molecular complexity index is 684. The number of nitrogens with zero attached hydrogens (tertiary/aromatic N) is 3. The summed E-state index contributed by atoms with van der Waals surface area (Å²) in [5.41, 5.74) is 1.67. The Kier molecular flexibility index (Phi) is 3.43. The molecule has 1 saturated heterocycles. The SMILES string of the molecule is CC(C)(C)OC(=O)N1CC(c2ncn3ccc(Br)cc23)C1. The molecule has 0 aliphatic carbocycles. The summed E-state index contributed by atoms with van der Waals surface area (Å²) >= 11 is 3.48. The number of pyridine rings is 1. The minimum Gasteiger partial charge on any atom is -0.444 e. The molecule has 6 heteroatoms. The van der Waals surface area contributed by atoms with Crippen molar-refractivity contribution >= 4 is 27.5 Å². The first-order valence-corrected chi connectivity index (χ1v) is 7.73. The Balaban J connectivity index is 1.70. The lowest BCUT2D eigenvalue weighted by Gasteiger charge is -2.39. The van der Waals surface area contributed by atoms with Crippen molar-refractivity contribution in [2.75, 3.05) is 13.1 Å². The van der Waals surface area contributed by atoms with Crippen LogP contribution in [-0.2, 0) is 4.74 Å². The number of hydrogen-bond acceptors (Lipinski definition) is 3. The second-order valence-electron chi connectivity index (χ2n) is 6.35. The van der Waals surface area contributed by atoms with Crippen LogP contribution in [0.4, 0.5) is 4.79 Å². The molecular formula is C15H18BrN3O2. The zero-order valence-corrected chi connectivity index (χ0v) is 13.9. The number of hydrogen-bond donors (Lipinski definition) is 0. The van der Waals surface area contributed by atoms with Crippen molar-refractivity contribution in [3.8, 4) is 0 Å². The van der Waals surface area contributed by atoms with Crippen LogP contribution in [0, 0.1) is 0 Å². The van der Waals surface area contributed by atoms with Crippen molar-refractivity contribution in [2.45, 2.75) is 32.3 Å². The Morgan fingerprint density at radius 3 is 2.81 bits per heavy atom. The summed E-state index contributed by atoms with van der Waals surface area (Å²) in [6.45, 7) is 6.95. The Morgan fingerprint density at radius 1 is 1.43 bits per heavy atom. The van der Waals surface area contributed by atoms with Gasteiger partial charge in [-0.05, 0) is 32.9 Å². The van der Waals surface area contributed by atoms with Crippen molar-refractivity contribution in [1.82, 2.24) is 14.3 Å². The normalized spacial score (nSPS) is 16.1. The summed E-state index contributed by atoms with van der Waals surface area (Å²) in [5, 5.41) is 0. The van der Waals surface area contributed by atoms with Crippen LogP contribution in [0.25, 0.3) is 5.52 Å². The fourth-order valence-electron chi connectivity index (χ4n) is 2.42. The molecule has 0 N–H and O–H groups in total. The number of amides is 1. The number of aromatic nitrogens is 2. The minimum atomic E-state index is -0.450. The topological polar surface area (TPSA) is 46.8 Å². The zero-order valence-electron chi connectivity index (χ0n) is 12.3. The van der Waals surface area contributed by atoms with E-state index in [1.54, 1.807) is 4.90 Å². The van der Waals surface area contributed by atoms with Gasteiger partial charge in [0.1, 0.15) is 5.60 Å². The Labute approximate surface area is 132 Å². The highest BCUT2D eigenvalue weighted by molar-refractivity contribution is 9.10. The van der Waals surface area contributed by atoms with Gasteiger partial charge in [-0.1, -0.05) is 15.9 Å². The standard InChI is InChI=1S/C15H18BrN3O2/c1-15(2,3)21-14(20)19-7-10(8-19)13-12-6-11(16)4-5-18(12)9-17-13/h4-6,9-10H,7-8H2,1-3H3. The van der Waals surface area contributed by atoms with Gasteiger partial charge in [0.05, 0.1) is 17.5 Å². The van der Waals surface area contributed by atoms with Crippen LogP contribution < -0.4 is 0 Å². The van der Waals surface area contributed by atoms with Crippen molar-refractivity contribution in [3.05, 3.63) is 34.8 Å². The van der Waals surface area contributed by atoms with Gasteiger partial charge in [0.2, 0.25) is 0 Å². The predicted octanol–water partition coefficient (Wildman–Crippen LogP) is 3.43. The molecule has 0 atom stereocenters. The highest BCUT2D eigenvalue weighted by Gasteiger charge is 2.36. The number of carbonyl (C=O) groups excluding carboxylic acids is 1. The molecule has 0 spiro atoms. The van der Waals surface area contributed by atoms with E-state index in [0.29, 0.717) is 13.1 Å². The maximum absolute atomic E-state index is 11.9. The summed E-state index contributed by atoms with van der Waals surface area (Å²) in [7, 11) is 0. The lowest BCUT2D eigenvalue weighted by Crippen LogP contribution is -2.50. The summed E-state index contributed by atoms with van der Waals surface area (Å²) < 4.78 is 8.39. The maximum atomic E-state index is 11.9. The van der Waals surface area contributed by atoms with E-state index in [1.165, 1.54) is 0 Å². The molecule has 1 amide bonds. The molecule has 0 saturated carbocycles. The maximum Gasteiger partial charge on any atom is 0.410 e. The molecule has 1 aliphatic heterocycles. The molecule has 1 fully saturated rings. The number of likely N-dealkylation sites (tertiary alicyclic amines) is 1. The first kappa shape index (κ1) is 14.4. The number of rotatable bonds is 1. The highest BCUT2D eigenvalue weighted by Crippen LogP contribution is 2.31. The first-order chi connectivity index (χ1) is 9.83. The van der Waals surface area contributed by atoms with Gasteiger partial charge in [0.15, 0.2) is 0 Å². The van der Waals surface area contributed by atoms with Crippen molar-refractivity contribution in [1.29, 1.82) is 0 Å². The third-order valence-electron chi connectivity index (χ3n) is 3.45. The van der Waals surface area contributed by atoms with E-state index in [9.17, 15) is 4.79 Å². The summed E-state index contributed by atoms with van der Waals surface area (Å²) in [5.74, 6) is 0.275. The van der Waals surface area contributed by atoms with Gasteiger partial charge in [0.25, 0.3) is 0 Å². The number of fused-ring (bicyclic) bond motifs is 1. The second-order valence-corrected chi connectivity index (χ2v) is 7.27. The van der Waals surface area contributed by atoms with E-state index < -0.39 is 5.60 Å². The smallest absolute Gasteiger partial charge is 0.410 e.